The van der Waals surface area contributed by atoms with Crippen molar-refractivity contribution in [1.82, 2.24) is 0 Å². The van der Waals surface area contributed by atoms with Gasteiger partial charge < -0.3 is 8.92 Å². The Balaban J connectivity index is 2.50. The summed E-state index contributed by atoms with van der Waals surface area (Å²) in [5, 5.41) is -0.0370. The number of ether oxygens (including phenoxy) is 1. The largest absolute Gasteiger partial charge is 0.465 e. The Morgan fingerprint density at radius 2 is 1.62 bits per heavy atom. The van der Waals surface area contributed by atoms with E-state index in [0.717, 1.165) is 11.6 Å². The van der Waals surface area contributed by atoms with Crippen molar-refractivity contribution in [3.8, 4) is 5.75 Å². The van der Waals surface area contributed by atoms with Crippen molar-refractivity contribution in [2.45, 2.75) is 25.7 Å². The van der Waals surface area contributed by atoms with E-state index in [-0.39, 0.29) is 21.2 Å². The quantitative estimate of drug-likeness (QED) is 0.606. The first-order valence-corrected chi connectivity index (χ1v) is 8.84. The summed E-state index contributed by atoms with van der Waals surface area (Å²) in [5.41, 5.74) is 2.45. The minimum absolute atomic E-state index is 0.0370. The van der Waals surface area contributed by atoms with E-state index in [2.05, 4.69) is 4.74 Å². The summed E-state index contributed by atoms with van der Waals surface area (Å²) >= 11 is 5.99. The molecule has 0 bridgehead atoms. The standard InChI is InChI=1S/C17H17ClO5S/c1-10-7-11(2)16(12(3)8-10)23-24(20,21)15-9-13(17(19)22-4)5-6-14(15)18/h5-9H,1-4H3. The molecule has 2 aromatic carbocycles. The first-order chi connectivity index (χ1) is 11.2. The monoisotopic (exact) mass is 368 g/mol. The number of halogens is 1. The summed E-state index contributed by atoms with van der Waals surface area (Å²) in [7, 11) is -3.00. The number of hydrogen-bond acceptors (Lipinski definition) is 5. The van der Waals surface area contributed by atoms with Gasteiger partial charge in [-0.3, -0.25) is 0 Å². The third kappa shape index (κ3) is 3.71. The van der Waals surface area contributed by atoms with Crippen molar-refractivity contribution in [3.63, 3.8) is 0 Å². The highest BCUT2D eigenvalue weighted by atomic mass is 35.5. The highest BCUT2D eigenvalue weighted by molar-refractivity contribution is 7.87. The SMILES string of the molecule is COC(=O)c1ccc(Cl)c(S(=O)(=O)Oc2c(C)cc(C)cc2C)c1. The van der Waals surface area contributed by atoms with Crippen LogP contribution < -0.4 is 4.18 Å². The van der Waals surface area contributed by atoms with Crippen molar-refractivity contribution in [2.75, 3.05) is 7.11 Å². The van der Waals surface area contributed by atoms with Gasteiger partial charge in [0.2, 0.25) is 0 Å². The predicted molar refractivity (Wildman–Crippen MR) is 91.3 cm³/mol. The van der Waals surface area contributed by atoms with Crippen LogP contribution in [0.1, 0.15) is 27.0 Å². The van der Waals surface area contributed by atoms with E-state index in [0.29, 0.717) is 11.1 Å². The van der Waals surface area contributed by atoms with Gasteiger partial charge in [0, 0.05) is 0 Å². The molecule has 0 atom stereocenters. The molecule has 7 heteroatoms. The van der Waals surface area contributed by atoms with E-state index >= 15 is 0 Å². The maximum Gasteiger partial charge on any atom is 0.340 e. The Morgan fingerprint density at radius 3 is 2.17 bits per heavy atom. The van der Waals surface area contributed by atoms with Crippen LogP contribution in [0, 0.1) is 20.8 Å². The van der Waals surface area contributed by atoms with Crippen LogP contribution in [-0.4, -0.2) is 21.5 Å². The normalized spacial score (nSPS) is 11.2. The number of aryl methyl sites for hydroxylation is 3. The van der Waals surface area contributed by atoms with E-state index in [9.17, 15) is 13.2 Å². The Kier molecular flexibility index (Phi) is 5.20. The third-order valence-corrected chi connectivity index (χ3v) is 5.12. The molecule has 24 heavy (non-hydrogen) atoms. The van der Waals surface area contributed by atoms with Gasteiger partial charge in [0.05, 0.1) is 17.7 Å². The van der Waals surface area contributed by atoms with Crippen LogP contribution in [-0.2, 0) is 14.9 Å². The minimum atomic E-state index is -4.21. The zero-order chi connectivity index (χ0) is 18.1. The molecule has 0 heterocycles. The summed E-state index contributed by atoms with van der Waals surface area (Å²) in [6.45, 7) is 5.43. The number of methoxy groups -OCH3 is 1. The fraction of sp³-hybridized carbons (Fsp3) is 0.235. The van der Waals surface area contributed by atoms with Gasteiger partial charge in [-0.1, -0.05) is 29.3 Å². The number of benzene rings is 2. The molecule has 128 valence electrons. The van der Waals surface area contributed by atoms with E-state index in [1.807, 2.05) is 19.1 Å². The summed E-state index contributed by atoms with van der Waals surface area (Å²) in [5.74, 6) is -0.411. The summed E-state index contributed by atoms with van der Waals surface area (Å²) in [6, 6.07) is 7.49. The lowest BCUT2D eigenvalue weighted by Gasteiger charge is -2.14. The van der Waals surface area contributed by atoms with Crippen LogP contribution in [0.25, 0.3) is 0 Å². The molecular weight excluding hydrogens is 352 g/mol. The first kappa shape index (κ1) is 18.3. The highest BCUT2D eigenvalue weighted by Gasteiger charge is 2.24. The molecule has 0 aromatic heterocycles. The van der Waals surface area contributed by atoms with Crippen molar-refractivity contribution in [1.29, 1.82) is 0 Å². The maximum atomic E-state index is 12.6. The molecule has 5 nitrogen and oxygen atoms in total. The topological polar surface area (TPSA) is 69.7 Å². The van der Waals surface area contributed by atoms with Gasteiger partial charge in [0.1, 0.15) is 10.6 Å². The maximum absolute atomic E-state index is 12.6. The fourth-order valence-corrected chi connectivity index (χ4v) is 3.94. The van der Waals surface area contributed by atoms with Gasteiger partial charge in [-0.05, 0) is 50.1 Å². The molecule has 0 fully saturated rings. The molecule has 0 aliphatic carbocycles. The van der Waals surface area contributed by atoms with Gasteiger partial charge in [0.25, 0.3) is 0 Å². The second-order valence-corrected chi connectivity index (χ2v) is 7.32. The average molecular weight is 369 g/mol. The van der Waals surface area contributed by atoms with Crippen LogP contribution in [0.3, 0.4) is 0 Å². The second kappa shape index (κ2) is 6.83. The second-order valence-electron chi connectivity index (χ2n) is 5.40. The number of esters is 1. The van der Waals surface area contributed by atoms with Gasteiger partial charge in [-0.25, -0.2) is 4.79 Å². The van der Waals surface area contributed by atoms with Crippen molar-refractivity contribution in [2.24, 2.45) is 0 Å². The number of carbonyl (C=O) groups excluding carboxylic acids is 1. The lowest BCUT2D eigenvalue weighted by molar-refractivity contribution is 0.0600. The Labute approximate surface area is 146 Å². The molecule has 2 rings (SSSR count). The van der Waals surface area contributed by atoms with Crippen LogP contribution in [0.15, 0.2) is 35.2 Å². The van der Waals surface area contributed by atoms with Crippen molar-refractivity contribution >= 4 is 27.7 Å². The highest BCUT2D eigenvalue weighted by Crippen LogP contribution is 2.30. The van der Waals surface area contributed by atoms with Gasteiger partial charge >= 0.3 is 16.1 Å². The summed E-state index contributed by atoms with van der Waals surface area (Å²) in [4.78, 5) is 11.3. The van der Waals surface area contributed by atoms with Crippen molar-refractivity contribution < 1.29 is 22.1 Å². The molecule has 0 saturated carbocycles. The third-order valence-electron chi connectivity index (χ3n) is 3.42. The fourth-order valence-electron chi connectivity index (χ4n) is 2.39. The number of rotatable bonds is 4. The number of hydrogen-bond donors (Lipinski definition) is 0. The summed E-state index contributed by atoms with van der Waals surface area (Å²) in [6.07, 6.45) is 0. The Bertz CT molecular complexity index is 880. The van der Waals surface area contributed by atoms with Crippen LogP contribution in [0.2, 0.25) is 5.02 Å². The van der Waals surface area contributed by atoms with Gasteiger partial charge in [-0.15, -0.1) is 0 Å². The van der Waals surface area contributed by atoms with E-state index in [1.54, 1.807) is 13.8 Å². The van der Waals surface area contributed by atoms with E-state index < -0.39 is 16.1 Å². The molecule has 0 unspecified atom stereocenters. The molecule has 2 aromatic rings. The number of carbonyl (C=O) groups is 1. The zero-order valence-corrected chi connectivity index (χ0v) is 15.3. The molecule has 0 aliphatic rings. The first-order valence-electron chi connectivity index (χ1n) is 7.06. The minimum Gasteiger partial charge on any atom is -0.465 e. The molecule has 0 aliphatic heterocycles. The lowest BCUT2D eigenvalue weighted by atomic mass is 10.1. The smallest absolute Gasteiger partial charge is 0.340 e. The molecule has 0 spiro atoms. The molecule has 0 N–H and O–H groups in total. The Morgan fingerprint density at radius 1 is 1.04 bits per heavy atom. The molecule has 0 amide bonds. The van der Waals surface area contributed by atoms with Crippen LogP contribution in [0.4, 0.5) is 0 Å². The summed E-state index contributed by atoms with van der Waals surface area (Å²) < 4.78 is 35.1. The van der Waals surface area contributed by atoms with E-state index in [4.69, 9.17) is 15.8 Å². The molecular formula is C17H17ClO5S. The van der Waals surface area contributed by atoms with Gasteiger partial charge in [-0.2, -0.15) is 8.42 Å². The zero-order valence-electron chi connectivity index (χ0n) is 13.7. The van der Waals surface area contributed by atoms with Crippen LogP contribution in [0.5, 0.6) is 5.75 Å². The lowest BCUT2D eigenvalue weighted by Crippen LogP contribution is -2.13. The predicted octanol–water partition coefficient (Wildman–Crippen LogP) is 3.82. The Hall–Kier alpha value is -2.05. The molecule has 0 saturated heterocycles. The average Bonchev–Trinajstić information content (AvgIpc) is 2.50. The van der Waals surface area contributed by atoms with Crippen molar-refractivity contribution in [3.05, 3.63) is 57.6 Å². The van der Waals surface area contributed by atoms with E-state index in [1.165, 1.54) is 19.2 Å². The van der Waals surface area contributed by atoms with Crippen LogP contribution >= 0.6 is 11.6 Å². The van der Waals surface area contributed by atoms with Gasteiger partial charge in [0.15, 0.2) is 0 Å². The molecule has 0 radical (unpaired) electrons.